The highest BCUT2D eigenvalue weighted by atomic mass is 16.5. The molecule has 2 aliphatic heterocycles. The zero-order valence-corrected chi connectivity index (χ0v) is 12.2. The monoisotopic (exact) mass is 283 g/mol. The molecule has 114 valence electrons. The Labute approximate surface area is 120 Å². The maximum atomic E-state index is 12.4. The van der Waals surface area contributed by atoms with Crippen LogP contribution in [0.15, 0.2) is 0 Å². The van der Waals surface area contributed by atoms with Gasteiger partial charge in [0.1, 0.15) is 6.04 Å². The lowest BCUT2D eigenvalue weighted by Gasteiger charge is -2.35. The Hall–Kier alpha value is -1.14. The molecule has 0 bridgehead atoms. The van der Waals surface area contributed by atoms with E-state index < -0.39 is 6.04 Å². The minimum Gasteiger partial charge on any atom is -0.377 e. The van der Waals surface area contributed by atoms with E-state index in [-0.39, 0.29) is 17.9 Å². The van der Waals surface area contributed by atoms with E-state index in [1.54, 1.807) is 4.90 Å². The lowest BCUT2D eigenvalue weighted by atomic mass is 10.1. The first kappa shape index (κ1) is 15.3. The smallest absolute Gasteiger partial charge is 0.245 e. The molecule has 6 heteroatoms. The van der Waals surface area contributed by atoms with Crippen molar-refractivity contribution in [3.05, 3.63) is 0 Å². The van der Waals surface area contributed by atoms with E-state index >= 15 is 0 Å². The third-order valence-electron chi connectivity index (χ3n) is 3.88. The van der Waals surface area contributed by atoms with Crippen molar-refractivity contribution in [3.8, 4) is 0 Å². The summed E-state index contributed by atoms with van der Waals surface area (Å²) in [6.07, 6.45) is 3.54. The normalized spacial score (nSPS) is 26.6. The average Bonchev–Trinajstić information content (AvgIpc) is 2.97. The van der Waals surface area contributed by atoms with Gasteiger partial charge in [-0.25, -0.2) is 0 Å². The summed E-state index contributed by atoms with van der Waals surface area (Å²) in [4.78, 5) is 26.2. The highest BCUT2D eigenvalue weighted by molar-refractivity contribution is 5.88. The Morgan fingerprint density at radius 1 is 1.45 bits per heavy atom. The number of nitrogens with one attached hydrogen (secondary N) is 2. The van der Waals surface area contributed by atoms with E-state index in [1.807, 2.05) is 6.92 Å². The fourth-order valence-electron chi connectivity index (χ4n) is 2.74. The standard InChI is InChI=1S/C14H25N3O3/c1-2-5-16-14(19)12-10-20-8-7-17(12)13(18)9-11-4-3-6-15-11/h11-12,15H,2-10H2,1H3,(H,16,19). The zero-order chi connectivity index (χ0) is 14.4. The van der Waals surface area contributed by atoms with Crippen LogP contribution in [-0.4, -0.2) is 61.6 Å². The number of hydrogen-bond donors (Lipinski definition) is 2. The number of rotatable bonds is 5. The van der Waals surface area contributed by atoms with E-state index in [4.69, 9.17) is 4.74 Å². The van der Waals surface area contributed by atoms with Crippen LogP contribution in [0.1, 0.15) is 32.6 Å². The molecule has 6 nitrogen and oxygen atoms in total. The fraction of sp³-hybridized carbons (Fsp3) is 0.857. The summed E-state index contributed by atoms with van der Waals surface area (Å²) >= 11 is 0. The maximum Gasteiger partial charge on any atom is 0.245 e. The number of nitrogens with zero attached hydrogens (tertiary/aromatic N) is 1. The Kier molecular flexibility index (Phi) is 5.79. The second-order valence-corrected chi connectivity index (χ2v) is 5.47. The number of hydrogen-bond acceptors (Lipinski definition) is 4. The second kappa shape index (κ2) is 7.59. The average molecular weight is 283 g/mol. The molecule has 2 heterocycles. The summed E-state index contributed by atoms with van der Waals surface area (Å²) in [6, 6.07) is -0.200. The van der Waals surface area contributed by atoms with Gasteiger partial charge in [0.2, 0.25) is 11.8 Å². The molecule has 2 saturated heterocycles. The Bertz CT molecular complexity index is 343. The van der Waals surface area contributed by atoms with Gasteiger partial charge >= 0.3 is 0 Å². The summed E-state index contributed by atoms with van der Waals surface area (Å²) in [5, 5.41) is 6.18. The lowest BCUT2D eigenvalue weighted by molar-refractivity contribution is -0.148. The van der Waals surface area contributed by atoms with Crippen molar-refractivity contribution in [2.45, 2.75) is 44.7 Å². The van der Waals surface area contributed by atoms with Crippen LogP contribution in [0, 0.1) is 0 Å². The topological polar surface area (TPSA) is 70.7 Å². The van der Waals surface area contributed by atoms with Crippen LogP contribution < -0.4 is 10.6 Å². The summed E-state index contributed by atoms with van der Waals surface area (Å²) in [6.45, 7) is 4.96. The Morgan fingerprint density at radius 2 is 2.30 bits per heavy atom. The minimum absolute atomic E-state index is 0.0596. The first-order valence-electron chi connectivity index (χ1n) is 7.60. The fourth-order valence-corrected chi connectivity index (χ4v) is 2.74. The van der Waals surface area contributed by atoms with E-state index in [0.29, 0.717) is 32.7 Å². The molecule has 2 fully saturated rings. The van der Waals surface area contributed by atoms with Crippen LogP contribution in [0.2, 0.25) is 0 Å². The molecule has 2 N–H and O–H groups in total. The molecular weight excluding hydrogens is 258 g/mol. The number of amides is 2. The van der Waals surface area contributed by atoms with Crippen LogP contribution in [0.5, 0.6) is 0 Å². The third kappa shape index (κ3) is 3.93. The van der Waals surface area contributed by atoms with Crippen molar-refractivity contribution in [1.29, 1.82) is 0 Å². The van der Waals surface area contributed by atoms with Crippen LogP contribution in [0.3, 0.4) is 0 Å². The number of carbonyl (C=O) groups is 2. The second-order valence-electron chi connectivity index (χ2n) is 5.47. The van der Waals surface area contributed by atoms with Crippen LogP contribution in [0.4, 0.5) is 0 Å². The van der Waals surface area contributed by atoms with E-state index in [9.17, 15) is 9.59 Å². The first-order valence-corrected chi connectivity index (χ1v) is 7.60. The van der Waals surface area contributed by atoms with Crippen molar-refractivity contribution in [2.24, 2.45) is 0 Å². The summed E-state index contributed by atoms with van der Waals surface area (Å²) < 4.78 is 5.36. The molecule has 20 heavy (non-hydrogen) atoms. The molecule has 0 aromatic heterocycles. The first-order chi connectivity index (χ1) is 9.72. The van der Waals surface area contributed by atoms with Gasteiger partial charge in [0, 0.05) is 25.6 Å². The SMILES string of the molecule is CCCNC(=O)C1COCCN1C(=O)CC1CCCN1. The summed E-state index contributed by atoms with van der Waals surface area (Å²) in [5.41, 5.74) is 0. The molecule has 2 unspecified atom stereocenters. The zero-order valence-electron chi connectivity index (χ0n) is 12.2. The van der Waals surface area contributed by atoms with Gasteiger partial charge in [-0.15, -0.1) is 0 Å². The van der Waals surface area contributed by atoms with Gasteiger partial charge < -0.3 is 20.3 Å². The summed E-state index contributed by atoms with van der Waals surface area (Å²) in [5.74, 6) is -0.0383. The Balaban J connectivity index is 1.91. The van der Waals surface area contributed by atoms with Crippen molar-refractivity contribution in [3.63, 3.8) is 0 Å². The molecule has 0 aromatic rings. The van der Waals surface area contributed by atoms with Crippen LogP contribution in [-0.2, 0) is 14.3 Å². The van der Waals surface area contributed by atoms with Gasteiger partial charge in [0.15, 0.2) is 0 Å². The molecule has 0 spiro atoms. The molecule has 0 aromatic carbocycles. The lowest BCUT2D eigenvalue weighted by Crippen LogP contribution is -2.56. The number of carbonyl (C=O) groups excluding carboxylic acids is 2. The summed E-state index contributed by atoms with van der Waals surface area (Å²) in [7, 11) is 0. The molecule has 2 amide bonds. The number of ether oxygens (including phenoxy) is 1. The van der Waals surface area contributed by atoms with Gasteiger partial charge in [0.05, 0.1) is 13.2 Å². The third-order valence-corrected chi connectivity index (χ3v) is 3.88. The minimum atomic E-state index is -0.468. The maximum absolute atomic E-state index is 12.4. The molecule has 0 saturated carbocycles. The van der Waals surface area contributed by atoms with Gasteiger partial charge in [-0.3, -0.25) is 9.59 Å². The van der Waals surface area contributed by atoms with Gasteiger partial charge in [0.25, 0.3) is 0 Å². The molecule has 2 atom stereocenters. The molecule has 0 aliphatic carbocycles. The van der Waals surface area contributed by atoms with Gasteiger partial charge in [-0.05, 0) is 25.8 Å². The Morgan fingerprint density at radius 3 is 3.00 bits per heavy atom. The predicted octanol–water partition coefficient (Wildman–Crippen LogP) is -0.118. The predicted molar refractivity (Wildman–Crippen MR) is 75.3 cm³/mol. The molecule has 0 radical (unpaired) electrons. The molecule has 2 aliphatic rings. The largest absolute Gasteiger partial charge is 0.377 e. The number of morpholine rings is 1. The van der Waals surface area contributed by atoms with Gasteiger partial charge in [-0.1, -0.05) is 6.92 Å². The van der Waals surface area contributed by atoms with Crippen LogP contribution in [0.25, 0.3) is 0 Å². The highest BCUT2D eigenvalue weighted by Gasteiger charge is 2.33. The van der Waals surface area contributed by atoms with Crippen molar-refractivity contribution >= 4 is 11.8 Å². The molecular formula is C14H25N3O3. The van der Waals surface area contributed by atoms with E-state index in [1.165, 1.54) is 0 Å². The highest BCUT2D eigenvalue weighted by Crippen LogP contribution is 2.14. The van der Waals surface area contributed by atoms with Crippen molar-refractivity contribution < 1.29 is 14.3 Å². The molecule has 2 rings (SSSR count). The van der Waals surface area contributed by atoms with Crippen molar-refractivity contribution in [1.82, 2.24) is 15.5 Å². The van der Waals surface area contributed by atoms with Crippen LogP contribution >= 0.6 is 0 Å². The van der Waals surface area contributed by atoms with E-state index in [2.05, 4.69) is 10.6 Å². The van der Waals surface area contributed by atoms with Crippen molar-refractivity contribution in [2.75, 3.05) is 32.8 Å². The van der Waals surface area contributed by atoms with E-state index in [0.717, 1.165) is 25.8 Å². The van der Waals surface area contributed by atoms with Gasteiger partial charge in [-0.2, -0.15) is 0 Å². The quantitative estimate of drug-likeness (QED) is 0.738.